The molecule has 0 fully saturated rings. The van der Waals surface area contributed by atoms with Crippen molar-refractivity contribution in [1.82, 2.24) is 9.97 Å². The Bertz CT molecular complexity index is 1290. The van der Waals surface area contributed by atoms with E-state index >= 15 is 4.39 Å². The van der Waals surface area contributed by atoms with Gasteiger partial charge in [-0.2, -0.15) is 0 Å². The van der Waals surface area contributed by atoms with Gasteiger partial charge in [-0.15, -0.1) is 0 Å². The molecule has 0 radical (unpaired) electrons. The molecule has 0 saturated heterocycles. The number of carbonyl (C=O) groups is 1. The summed E-state index contributed by atoms with van der Waals surface area (Å²) in [5.41, 5.74) is -1.16. The summed E-state index contributed by atoms with van der Waals surface area (Å²) >= 11 is 0. The van der Waals surface area contributed by atoms with Crippen molar-refractivity contribution in [2.75, 3.05) is 6.61 Å². The molecule has 0 saturated carbocycles. The Morgan fingerprint density at radius 3 is 2.71 bits per heavy atom. The van der Waals surface area contributed by atoms with Gasteiger partial charge in [0.05, 0.1) is 17.5 Å². The summed E-state index contributed by atoms with van der Waals surface area (Å²) in [5, 5.41) is 12.0. The largest absolute Gasteiger partial charge is 0.506 e. The van der Waals surface area contributed by atoms with Gasteiger partial charge >= 0.3 is 5.97 Å². The molecule has 0 aliphatic heterocycles. The van der Waals surface area contributed by atoms with Crippen LogP contribution >= 0.6 is 0 Å². The van der Waals surface area contributed by atoms with Crippen LogP contribution in [-0.2, 0) is 4.74 Å². The number of rotatable bonds is 3. The number of nitrogens with zero attached hydrogens (tertiary/aromatic N) is 1. The van der Waals surface area contributed by atoms with Gasteiger partial charge in [-0.1, -0.05) is 42.5 Å². The molecule has 4 aromatic rings. The number of esters is 1. The van der Waals surface area contributed by atoms with Gasteiger partial charge in [-0.25, -0.2) is 9.18 Å². The van der Waals surface area contributed by atoms with Gasteiger partial charge in [0.25, 0.3) is 5.56 Å². The van der Waals surface area contributed by atoms with Crippen molar-refractivity contribution in [3.63, 3.8) is 0 Å². The Morgan fingerprint density at radius 2 is 1.93 bits per heavy atom. The first-order chi connectivity index (χ1) is 13.5. The maximum Gasteiger partial charge on any atom is 0.347 e. The van der Waals surface area contributed by atoms with Crippen LogP contribution in [0.25, 0.3) is 32.9 Å². The van der Waals surface area contributed by atoms with Crippen molar-refractivity contribution < 1.29 is 19.0 Å². The number of nitrogens with one attached hydrogen (secondary N) is 1. The minimum atomic E-state index is -0.985. The van der Waals surface area contributed by atoms with E-state index < -0.39 is 28.7 Å². The molecule has 2 heterocycles. The second-order valence-electron chi connectivity index (χ2n) is 6.13. The summed E-state index contributed by atoms with van der Waals surface area (Å²) in [6.45, 7) is 1.60. The Kier molecular flexibility index (Phi) is 4.27. The zero-order valence-electron chi connectivity index (χ0n) is 14.8. The highest BCUT2D eigenvalue weighted by Crippen LogP contribution is 2.33. The van der Waals surface area contributed by atoms with E-state index in [-0.39, 0.29) is 23.2 Å². The number of ether oxygens (including phenoxy) is 1. The highest BCUT2D eigenvalue weighted by Gasteiger charge is 2.23. The lowest BCUT2D eigenvalue weighted by atomic mass is 10.0. The molecule has 7 heteroatoms. The molecule has 28 heavy (non-hydrogen) atoms. The number of H-pyrrole nitrogens is 1. The Labute approximate surface area is 158 Å². The van der Waals surface area contributed by atoms with Gasteiger partial charge in [0.2, 0.25) is 0 Å². The van der Waals surface area contributed by atoms with Gasteiger partial charge in [0.1, 0.15) is 11.4 Å². The number of aromatic hydroxyl groups is 1. The quantitative estimate of drug-likeness (QED) is 0.530. The lowest BCUT2D eigenvalue weighted by molar-refractivity contribution is 0.0521. The van der Waals surface area contributed by atoms with Crippen molar-refractivity contribution >= 4 is 27.6 Å². The summed E-state index contributed by atoms with van der Waals surface area (Å²) < 4.78 is 20.0. The average molecular weight is 378 g/mol. The zero-order valence-corrected chi connectivity index (χ0v) is 14.8. The van der Waals surface area contributed by atoms with Crippen molar-refractivity contribution in [3.8, 4) is 17.0 Å². The molecular formula is C21H15FN2O4. The molecule has 0 aliphatic rings. The molecule has 4 rings (SSSR count). The average Bonchev–Trinajstić information content (AvgIpc) is 2.69. The lowest BCUT2D eigenvalue weighted by Crippen LogP contribution is -2.20. The van der Waals surface area contributed by atoms with Crippen LogP contribution in [0.4, 0.5) is 4.39 Å². The second-order valence-corrected chi connectivity index (χ2v) is 6.13. The maximum atomic E-state index is 15.3. The van der Waals surface area contributed by atoms with E-state index in [9.17, 15) is 14.7 Å². The van der Waals surface area contributed by atoms with Crippen LogP contribution in [0.1, 0.15) is 17.3 Å². The van der Waals surface area contributed by atoms with Crippen LogP contribution in [0.3, 0.4) is 0 Å². The molecule has 2 N–H and O–H groups in total. The summed E-state index contributed by atoms with van der Waals surface area (Å²) in [6.07, 6.45) is 1.23. The fourth-order valence-corrected chi connectivity index (χ4v) is 3.22. The molecule has 0 spiro atoms. The van der Waals surface area contributed by atoms with E-state index in [1.165, 1.54) is 6.20 Å². The van der Waals surface area contributed by atoms with Gasteiger partial charge in [-0.3, -0.25) is 9.78 Å². The van der Waals surface area contributed by atoms with Crippen LogP contribution in [0.15, 0.2) is 53.5 Å². The summed E-state index contributed by atoms with van der Waals surface area (Å²) in [4.78, 5) is 30.7. The molecule has 2 aromatic heterocycles. The van der Waals surface area contributed by atoms with Crippen LogP contribution < -0.4 is 5.56 Å². The molecule has 0 amide bonds. The molecule has 2 aromatic carbocycles. The first-order valence-corrected chi connectivity index (χ1v) is 8.61. The first-order valence-electron chi connectivity index (χ1n) is 8.61. The monoisotopic (exact) mass is 378 g/mol. The normalized spacial score (nSPS) is 11.1. The fourth-order valence-electron chi connectivity index (χ4n) is 3.22. The third-order valence-electron chi connectivity index (χ3n) is 4.50. The summed E-state index contributed by atoms with van der Waals surface area (Å²) in [5.74, 6) is -2.44. The van der Waals surface area contributed by atoms with Gasteiger partial charge in [0.15, 0.2) is 11.4 Å². The number of carbonyl (C=O) groups excluding carboxylic acids is 1. The molecule has 0 unspecified atom stereocenters. The first kappa shape index (κ1) is 17.7. The Balaban J connectivity index is 1.99. The summed E-state index contributed by atoms with van der Waals surface area (Å²) in [6, 6.07) is 12.9. The minimum Gasteiger partial charge on any atom is -0.506 e. The predicted octanol–water partition coefficient (Wildman–Crippen LogP) is 3.76. The molecule has 140 valence electrons. The maximum absolute atomic E-state index is 15.3. The molecule has 0 aliphatic carbocycles. The van der Waals surface area contributed by atoms with E-state index in [2.05, 4.69) is 9.97 Å². The topological polar surface area (TPSA) is 92.3 Å². The van der Waals surface area contributed by atoms with Crippen LogP contribution in [-0.4, -0.2) is 27.7 Å². The van der Waals surface area contributed by atoms with Crippen molar-refractivity contribution in [2.45, 2.75) is 6.92 Å². The molecule has 6 nitrogen and oxygen atoms in total. The van der Waals surface area contributed by atoms with Gasteiger partial charge in [-0.05, 0) is 17.7 Å². The van der Waals surface area contributed by atoms with Crippen LogP contribution in [0.2, 0.25) is 0 Å². The third kappa shape index (κ3) is 2.68. The number of halogens is 1. The number of aromatic amines is 1. The Morgan fingerprint density at radius 1 is 1.18 bits per heavy atom. The van der Waals surface area contributed by atoms with E-state index in [1.54, 1.807) is 19.1 Å². The van der Waals surface area contributed by atoms with Crippen molar-refractivity contribution in [2.24, 2.45) is 0 Å². The zero-order chi connectivity index (χ0) is 19.8. The SMILES string of the molecule is CCOC(=O)c1c(O)c2cnc(-c3cccc4ccccc34)c(F)c2[nH]c1=O. The third-order valence-corrected chi connectivity index (χ3v) is 4.50. The second kappa shape index (κ2) is 6.77. The van der Waals surface area contributed by atoms with E-state index in [0.29, 0.717) is 5.56 Å². The number of pyridine rings is 2. The van der Waals surface area contributed by atoms with E-state index in [0.717, 1.165) is 10.8 Å². The van der Waals surface area contributed by atoms with Crippen molar-refractivity contribution in [1.29, 1.82) is 0 Å². The van der Waals surface area contributed by atoms with Gasteiger partial charge < -0.3 is 14.8 Å². The predicted molar refractivity (Wildman–Crippen MR) is 103 cm³/mol. The standard InChI is InChI=1S/C21H15FN2O4/c1-2-28-21(27)15-19(25)14-10-23-17(16(22)18(14)24-20(15)26)13-9-5-7-11-6-3-4-8-12(11)13/h3-10H,2H2,1H3,(H2,24,25,26). The number of hydrogen-bond donors (Lipinski definition) is 2. The molecular weight excluding hydrogens is 363 g/mol. The summed E-state index contributed by atoms with van der Waals surface area (Å²) in [7, 11) is 0. The van der Waals surface area contributed by atoms with Gasteiger partial charge in [0, 0.05) is 11.8 Å². The highest BCUT2D eigenvalue weighted by molar-refractivity contribution is 6.01. The van der Waals surface area contributed by atoms with E-state index in [4.69, 9.17) is 4.74 Å². The number of aromatic nitrogens is 2. The molecule has 0 atom stereocenters. The highest BCUT2D eigenvalue weighted by atomic mass is 19.1. The fraction of sp³-hybridized carbons (Fsp3) is 0.0952. The molecule has 0 bridgehead atoms. The van der Waals surface area contributed by atoms with Crippen LogP contribution in [0, 0.1) is 5.82 Å². The smallest absolute Gasteiger partial charge is 0.347 e. The number of benzene rings is 2. The lowest BCUT2D eigenvalue weighted by Gasteiger charge is -2.11. The number of fused-ring (bicyclic) bond motifs is 2. The van der Waals surface area contributed by atoms with Crippen LogP contribution in [0.5, 0.6) is 5.75 Å². The minimum absolute atomic E-state index is 0.0301. The van der Waals surface area contributed by atoms with E-state index in [1.807, 2.05) is 30.3 Å². The van der Waals surface area contributed by atoms with Crippen molar-refractivity contribution in [3.05, 3.63) is 70.4 Å². The Hall–Kier alpha value is -3.74. The number of hydrogen-bond acceptors (Lipinski definition) is 5.